The SMILES string of the molecule is O=C(O)Oc1cc2c(C3CCCCC3N3CCOCC3)cccc2n1CCCOc1cccc2ccccc12. The summed E-state index contributed by atoms with van der Waals surface area (Å²) in [5.41, 5.74) is 2.31. The van der Waals surface area contributed by atoms with Crippen LogP contribution in [0.5, 0.6) is 11.6 Å². The molecule has 4 aromatic rings. The highest BCUT2D eigenvalue weighted by Crippen LogP contribution is 2.41. The van der Waals surface area contributed by atoms with Crippen molar-refractivity contribution in [3.8, 4) is 11.6 Å². The number of fused-ring (bicyclic) bond motifs is 2. The highest BCUT2D eigenvalue weighted by molar-refractivity contribution is 5.88. The van der Waals surface area contributed by atoms with E-state index in [4.69, 9.17) is 14.2 Å². The van der Waals surface area contributed by atoms with Crippen LogP contribution in [-0.2, 0) is 11.3 Å². The number of rotatable bonds is 8. The van der Waals surface area contributed by atoms with Gasteiger partial charge in [-0.2, -0.15) is 0 Å². The zero-order valence-electron chi connectivity index (χ0n) is 22.3. The quantitative estimate of drug-likeness (QED) is 0.203. The van der Waals surface area contributed by atoms with Crippen LogP contribution in [0.2, 0.25) is 0 Å². The maximum Gasteiger partial charge on any atom is 0.512 e. The van der Waals surface area contributed by atoms with E-state index in [1.807, 2.05) is 34.9 Å². The lowest BCUT2D eigenvalue weighted by atomic mass is 9.78. The van der Waals surface area contributed by atoms with E-state index in [-0.39, 0.29) is 0 Å². The predicted molar refractivity (Wildman–Crippen MR) is 152 cm³/mol. The molecule has 6 rings (SSSR count). The van der Waals surface area contributed by atoms with E-state index in [1.54, 1.807) is 0 Å². The number of ether oxygens (including phenoxy) is 3. The monoisotopic (exact) mass is 528 g/mol. The minimum atomic E-state index is -1.29. The average Bonchev–Trinajstić information content (AvgIpc) is 3.32. The molecule has 2 heterocycles. The summed E-state index contributed by atoms with van der Waals surface area (Å²) in [5.74, 6) is 1.64. The minimum absolute atomic E-state index is 0.369. The van der Waals surface area contributed by atoms with Gasteiger partial charge in [-0.3, -0.25) is 4.90 Å². The van der Waals surface area contributed by atoms with Crippen LogP contribution >= 0.6 is 0 Å². The summed E-state index contributed by atoms with van der Waals surface area (Å²) in [4.78, 5) is 14.2. The van der Waals surface area contributed by atoms with Gasteiger partial charge in [0.1, 0.15) is 5.75 Å². The van der Waals surface area contributed by atoms with E-state index in [0.717, 1.165) is 60.1 Å². The fourth-order valence-electron chi connectivity index (χ4n) is 6.56. The first-order valence-corrected chi connectivity index (χ1v) is 14.1. The van der Waals surface area contributed by atoms with Crippen LogP contribution < -0.4 is 9.47 Å². The van der Waals surface area contributed by atoms with E-state index >= 15 is 0 Å². The standard InChI is InChI=1S/C32H36N2O5/c35-32(36)39-31-22-27-25(26-11-3-4-13-28(26)33-17-20-37-21-18-33)12-6-14-29(27)34(31)16-7-19-38-30-15-5-9-23-8-1-2-10-24(23)30/h1-2,5-6,8-10,12,14-15,22,26,28H,3-4,7,11,13,16-21H2,(H,35,36). The molecule has 1 aliphatic carbocycles. The van der Waals surface area contributed by atoms with Gasteiger partial charge in [-0.15, -0.1) is 0 Å². The van der Waals surface area contributed by atoms with Gasteiger partial charge < -0.3 is 23.9 Å². The first-order valence-electron chi connectivity index (χ1n) is 14.1. The number of nitrogens with zero attached hydrogens (tertiary/aromatic N) is 2. The van der Waals surface area contributed by atoms with Crippen molar-refractivity contribution in [1.82, 2.24) is 9.47 Å². The lowest BCUT2D eigenvalue weighted by molar-refractivity contribution is 0.00300. The summed E-state index contributed by atoms with van der Waals surface area (Å²) in [7, 11) is 0. The minimum Gasteiger partial charge on any atom is -0.493 e. The molecule has 0 bridgehead atoms. The zero-order valence-corrected chi connectivity index (χ0v) is 22.3. The normalized spacial score (nSPS) is 20.3. The Kier molecular flexibility index (Phi) is 7.70. The molecule has 1 aliphatic heterocycles. The predicted octanol–water partition coefficient (Wildman–Crippen LogP) is 6.68. The van der Waals surface area contributed by atoms with Gasteiger partial charge in [-0.1, -0.05) is 61.4 Å². The third kappa shape index (κ3) is 5.47. The van der Waals surface area contributed by atoms with E-state index in [1.165, 1.54) is 24.8 Å². The van der Waals surface area contributed by atoms with Gasteiger partial charge >= 0.3 is 6.16 Å². The summed E-state index contributed by atoms with van der Waals surface area (Å²) in [5, 5.41) is 12.8. The molecule has 0 spiro atoms. The molecule has 1 saturated carbocycles. The van der Waals surface area contributed by atoms with E-state index in [9.17, 15) is 9.90 Å². The van der Waals surface area contributed by atoms with Gasteiger partial charge in [-0.05, 0) is 42.3 Å². The lowest BCUT2D eigenvalue weighted by Gasteiger charge is -2.42. The Morgan fingerprint density at radius 1 is 0.949 bits per heavy atom. The number of hydrogen-bond acceptors (Lipinski definition) is 5. The van der Waals surface area contributed by atoms with Crippen molar-refractivity contribution in [2.75, 3.05) is 32.9 Å². The Labute approximate surface area is 228 Å². The van der Waals surface area contributed by atoms with Crippen molar-refractivity contribution in [1.29, 1.82) is 0 Å². The van der Waals surface area contributed by atoms with Gasteiger partial charge in [0, 0.05) is 48.4 Å². The molecular weight excluding hydrogens is 492 g/mol. The van der Waals surface area contributed by atoms with Crippen LogP contribution in [0.15, 0.2) is 66.7 Å². The van der Waals surface area contributed by atoms with Crippen molar-refractivity contribution < 1.29 is 24.1 Å². The van der Waals surface area contributed by atoms with E-state index in [0.29, 0.717) is 37.4 Å². The second kappa shape index (κ2) is 11.7. The molecule has 7 heteroatoms. The van der Waals surface area contributed by atoms with Crippen LogP contribution in [0.4, 0.5) is 4.79 Å². The Hall–Kier alpha value is -3.55. The second-order valence-electron chi connectivity index (χ2n) is 10.6. The van der Waals surface area contributed by atoms with E-state index < -0.39 is 6.16 Å². The number of hydrogen-bond donors (Lipinski definition) is 1. The van der Waals surface area contributed by atoms with Crippen molar-refractivity contribution in [3.63, 3.8) is 0 Å². The molecule has 204 valence electrons. The summed E-state index contributed by atoms with van der Waals surface area (Å²) >= 11 is 0. The number of carbonyl (C=O) groups is 1. The van der Waals surface area contributed by atoms with Gasteiger partial charge in [0.15, 0.2) is 0 Å². The summed E-state index contributed by atoms with van der Waals surface area (Å²) in [6.45, 7) is 4.65. The number of morpholine rings is 1. The zero-order chi connectivity index (χ0) is 26.6. The molecule has 39 heavy (non-hydrogen) atoms. The van der Waals surface area contributed by atoms with Crippen molar-refractivity contribution in [2.45, 2.75) is 50.6 Å². The molecule has 1 aromatic heterocycles. The van der Waals surface area contributed by atoms with Gasteiger partial charge in [0.2, 0.25) is 5.88 Å². The Bertz CT molecular complexity index is 1440. The lowest BCUT2D eigenvalue weighted by Crippen LogP contribution is -2.47. The number of aryl methyl sites for hydroxylation is 1. The molecule has 2 atom stereocenters. The van der Waals surface area contributed by atoms with Gasteiger partial charge in [0.25, 0.3) is 0 Å². The number of carboxylic acid groups (broad SMARTS) is 1. The molecule has 1 saturated heterocycles. The molecular formula is C32H36N2O5. The van der Waals surface area contributed by atoms with E-state index in [2.05, 4.69) is 41.3 Å². The Morgan fingerprint density at radius 3 is 2.62 bits per heavy atom. The smallest absolute Gasteiger partial charge is 0.493 e. The fraction of sp³-hybridized carbons (Fsp3) is 0.406. The first-order chi connectivity index (χ1) is 19.2. The van der Waals surface area contributed by atoms with Crippen LogP contribution in [0.25, 0.3) is 21.7 Å². The highest BCUT2D eigenvalue weighted by atomic mass is 16.7. The first kappa shape index (κ1) is 25.7. The molecule has 2 aliphatic rings. The summed E-state index contributed by atoms with van der Waals surface area (Å²) < 4.78 is 19.1. The van der Waals surface area contributed by atoms with Gasteiger partial charge in [0.05, 0.1) is 25.3 Å². The van der Waals surface area contributed by atoms with Crippen LogP contribution in [0.3, 0.4) is 0 Å². The maximum absolute atomic E-state index is 11.6. The second-order valence-corrected chi connectivity index (χ2v) is 10.6. The molecule has 0 radical (unpaired) electrons. The summed E-state index contributed by atoms with van der Waals surface area (Å²) in [6.07, 6.45) is 4.21. The van der Waals surface area contributed by atoms with Crippen molar-refractivity contribution in [2.24, 2.45) is 0 Å². The molecule has 2 fully saturated rings. The molecule has 7 nitrogen and oxygen atoms in total. The van der Waals surface area contributed by atoms with Crippen LogP contribution in [-0.4, -0.2) is 59.7 Å². The van der Waals surface area contributed by atoms with Crippen molar-refractivity contribution >= 4 is 27.8 Å². The average molecular weight is 529 g/mol. The molecule has 0 amide bonds. The topological polar surface area (TPSA) is 73.2 Å². The summed E-state index contributed by atoms with van der Waals surface area (Å²) in [6, 6.07) is 23.1. The van der Waals surface area contributed by atoms with Crippen LogP contribution in [0, 0.1) is 0 Å². The highest BCUT2D eigenvalue weighted by Gasteiger charge is 2.33. The Morgan fingerprint density at radius 2 is 1.74 bits per heavy atom. The largest absolute Gasteiger partial charge is 0.512 e. The third-order valence-corrected chi connectivity index (χ3v) is 8.31. The van der Waals surface area contributed by atoms with Crippen molar-refractivity contribution in [3.05, 3.63) is 72.3 Å². The van der Waals surface area contributed by atoms with Gasteiger partial charge in [-0.25, -0.2) is 4.79 Å². The number of aromatic nitrogens is 1. The molecule has 1 N–H and O–H groups in total. The number of benzene rings is 3. The van der Waals surface area contributed by atoms with Crippen LogP contribution in [0.1, 0.15) is 43.6 Å². The molecule has 3 aromatic carbocycles. The third-order valence-electron chi connectivity index (χ3n) is 8.31. The Balaban J connectivity index is 1.25. The maximum atomic E-state index is 11.6. The fourth-order valence-corrected chi connectivity index (χ4v) is 6.56. The molecule has 2 unspecified atom stereocenters.